The van der Waals surface area contributed by atoms with Gasteiger partial charge in [0.2, 0.25) is 7.29 Å². The molecule has 3 rings (SSSR count). The second-order valence-electron chi connectivity index (χ2n) is 6.30. The Kier molecular flexibility index (Phi) is 5.46. The van der Waals surface area contributed by atoms with Crippen molar-refractivity contribution in [3.8, 4) is 5.75 Å². The van der Waals surface area contributed by atoms with Crippen molar-refractivity contribution in [1.29, 1.82) is 0 Å². The fraction of sp³-hybridized carbons (Fsp3) is 0.136. The second kappa shape index (κ2) is 7.80. The molecule has 0 fully saturated rings. The number of rotatable bonds is 6. The van der Waals surface area contributed by atoms with Gasteiger partial charge in [0.1, 0.15) is 5.75 Å². The Labute approximate surface area is 160 Å². The lowest BCUT2D eigenvalue weighted by molar-refractivity contribution is 0.414. The van der Waals surface area contributed by atoms with Crippen LogP contribution in [-0.4, -0.2) is 7.11 Å². The molecule has 5 heteroatoms. The van der Waals surface area contributed by atoms with Gasteiger partial charge >= 0.3 is 5.66 Å². The van der Waals surface area contributed by atoms with E-state index in [1.165, 1.54) is 0 Å². The van der Waals surface area contributed by atoms with Crippen molar-refractivity contribution in [3.63, 3.8) is 0 Å². The first kappa shape index (κ1) is 18.9. The molecule has 0 aliphatic heterocycles. The third-order valence-corrected chi connectivity index (χ3v) is 7.29. The fourth-order valence-corrected chi connectivity index (χ4v) is 5.46. The van der Waals surface area contributed by atoms with Crippen LogP contribution in [-0.2, 0) is 10.2 Å². The molecule has 27 heavy (non-hydrogen) atoms. The molecule has 136 valence electrons. The molecule has 0 saturated carbocycles. The lowest BCUT2D eigenvalue weighted by Crippen LogP contribution is -2.40. The summed E-state index contributed by atoms with van der Waals surface area (Å²) in [5, 5.41) is 4.54. The summed E-state index contributed by atoms with van der Waals surface area (Å²) in [6, 6.07) is 25.8. The van der Waals surface area contributed by atoms with Gasteiger partial charge in [0.05, 0.1) is 12.7 Å². The van der Waals surface area contributed by atoms with Gasteiger partial charge in [-0.3, -0.25) is 9.41 Å². The summed E-state index contributed by atoms with van der Waals surface area (Å²) in [5.74, 6) is 0.709. The van der Waals surface area contributed by atoms with Gasteiger partial charge < -0.3 is 4.74 Å². The molecule has 0 radical (unpaired) electrons. The van der Waals surface area contributed by atoms with Gasteiger partial charge in [0.15, 0.2) is 0 Å². The van der Waals surface area contributed by atoms with Crippen LogP contribution < -0.4 is 20.4 Å². The van der Waals surface area contributed by atoms with Crippen molar-refractivity contribution in [1.82, 2.24) is 5.09 Å². The van der Waals surface area contributed by atoms with E-state index in [4.69, 9.17) is 11.3 Å². The third-order valence-electron chi connectivity index (χ3n) is 4.49. The van der Waals surface area contributed by atoms with Crippen LogP contribution in [0.25, 0.3) is 4.85 Å². The number of ether oxygens (including phenoxy) is 1. The van der Waals surface area contributed by atoms with Gasteiger partial charge in [-0.25, -0.2) is 6.57 Å². The quantitative estimate of drug-likeness (QED) is 0.515. The first-order chi connectivity index (χ1) is 13.0. The Hall–Kier alpha value is -2.86. The van der Waals surface area contributed by atoms with Crippen LogP contribution in [0.15, 0.2) is 84.9 Å². The van der Waals surface area contributed by atoms with Crippen molar-refractivity contribution in [3.05, 3.63) is 102 Å². The van der Waals surface area contributed by atoms with E-state index in [1.54, 1.807) is 26.2 Å². The number of hydrogen-bond donors (Lipinski definition) is 1. The summed E-state index contributed by atoms with van der Waals surface area (Å²) in [6.07, 6.45) is 0. The highest BCUT2D eigenvalue weighted by Gasteiger charge is 2.42. The lowest BCUT2D eigenvalue weighted by atomic mass is 10.0. The summed E-state index contributed by atoms with van der Waals surface area (Å²) in [4.78, 5) is 3.81. The highest BCUT2D eigenvalue weighted by Crippen LogP contribution is 2.44. The van der Waals surface area contributed by atoms with E-state index in [9.17, 15) is 4.57 Å². The fourth-order valence-electron chi connectivity index (χ4n) is 2.93. The Morgan fingerprint density at radius 3 is 1.78 bits per heavy atom. The zero-order valence-electron chi connectivity index (χ0n) is 15.3. The molecule has 0 aliphatic rings. The molecular weight excluding hydrogens is 355 g/mol. The van der Waals surface area contributed by atoms with Crippen LogP contribution in [0.1, 0.15) is 12.5 Å². The molecule has 0 bridgehead atoms. The molecular formula is C22H21N2O2P. The number of methoxy groups -OCH3 is 1. The Bertz CT molecular complexity index is 939. The van der Waals surface area contributed by atoms with Gasteiger partial charge in [-0.2, -0.15) is 5.09 Å². The summed E-state index contributed by atoms with van der Waals surface area (Å²) >= 11 is 0. The molecule has 0 saturated heterocycles. The average molecular weight is 376 g/mol. The third kappa shape index (κ3) is 3.80. The summed E-state index contributed by atoms with van der Waals surface area (Å²) < 4.78 is 19.4. The lowest BCUT2D eigenvalue weighted by Gasteiger charge is -2.27. The molecule has 0 aromatic heterocycles. The largest absolute Gasteiger partial charge is 0.497 e. The van der Waals surface area contributed by atoms with Crippen LogP contribution in [0.5, 0.6) is 5.75 Å². The molecule has 3 aromatic rings. The molecule has 3 aromatic carbocycles. The molecule has 0 amide bonds. The Morgan fingerprint density at radius 2 is 1.37 bits per heavy atom. The predicted octanol–water partition coefficient (Wildman–Crippen LogP) is 4.31. The minimum Gasteiger partial charge on any atom is -0.497 e. The summed E-state index contributed by atoms with van der Waals surface area (Å²) in [6.45, 7) is 9.56. The number of benzene rings is 3. The second-order valence-corrected chi connectivity index (χ2v) is 8.78. The van der Waals surface area contributed by atoms with Crippen LogP contribution in [0.3, 0.4) is 0 Å². The van der Waals surface area contributed by atoms with E-state index in [-0.39, 0.29) is 0 Å². The number of nitrogens with zero attached hydrogens (tertiary/aromatic N) is 1. The minimum absolute atomic E-state index is 0.666. The zero-order chi connectivity index (χ0) is 19.3. The van der Waals surface area contributed by atoms with Crippen LogP contribution >= 0.6 is 7.29 Å². The molecule has 0 heterocycles. The van der Waals surface area contributed by atoms with Crippen molar-refractivity contribution in [2.45, 2.75) is 12.6 Å². The van der Waals surface area contributed by atoms with Crippen LogP contribution in [0.2, 0.25) is 0 Å². The van der Waals surface area contributed by atoms with Crippen molar-refractivity contribution < 1.29 is 9.30 Å². The molecule has 0 spiro atoms. The monoisotopic (exact) mass is 376 g/mol. The number of hydrogen-bond acceptors (Lipinski definition) is 2. The standard InChI is InChI=1S/C22H21N2O2P/c1-22(23-2,18-14-16-19(26-3)17-15-18)24-27(25,20-10-6-4-7-11-20)21-12-8-5-9-13-21/h4-17H,1,3H3,(H,24,25)/t22-/m1/s1. The van der Waals surface area contributed by atoms with Crippen LogP contribution in [0.4, 0.5) is 0 Å². The Morgan fingerprint density at radius 1 is 0.889 bits per heavy atom. The van der Waals surface area contributed by atoms with E-state index in [0.29, 0.717) is 16.4 Å². The average Bonchev–Trinajstić information content (AvgIpc) is 2.75. The Balaban J connectivity index is 2.10. The highest BCUT2D eigenvalue weighted by molar-refractivity contribution is 7.77. The summed E-state index contributed by atoms with van der Waals surface area (Å²) in [5.41, 5.74) is -0.432. The highest BCUT2D eigenvalue weighted by atomic mass is 31.2. The van der Waals surface area contributed by atoms with Gasteiger partial charge in [-0.1, -0.05) is 36.4 Å². The van der Waals surface area contributed by atoms with Crippen LogP contribution in [0, 0.1) is 6.57 Å². The maximum atomic E-state index is 14.2. The van der Waals surface area contributed by atoms with Crippen molar-refractivity contribution >= 4 is 17.9 Å². The normalized spacial score (nSPS) is 13.4. The van der Waals surface area contributed by atoms with E-state index in [0.717, 1.165) is 5.56 Å². The predicted molar refractivity (Wildman–Crippen MR) is 110 cm³/mol. The SMILES string of the molecule is [C-]#[N+][C@](C)(NP(=O)(c1ccccc1)c1ccccc1)c1ccc(OC)cc1. The molecule has 1 N–H and O–H groups in total. The zero-order valence-corrected chi connectivity index (χ0v) is 16.2. The van der Waals surface area contributed by atoms with E-state index in [2.05, 4.69) is 9.93 Å². The molecule has 4 nitrogen and oxygen atoms in total. The minimum atomic E-state index is -3.24. The van der Waals surface area contributed by atoms with Gasteiger partial charge in [-0.15, -0.1) is 0 Å². The number of nitrogens with one attached hydrogen (secondary N) is 1. The van der Waals surface area contributed by atoms with Gasteiger partial charge in [-0.05, 0) is 48.5 Å². The van der Waals surface area contributed by atoms with E-state index < -0.39 is 13.0 Å². The summed E-state index contributed by atoms with van der Waals surface area (Å²) in [7, 11) is -1.64. The first-order valence-electron chi connectivity index (χ1n) is 8.56. The molecule has 1 atom stereocenters. The topological polar surface area (TPSA) is 42.7 Å². The molecule has 0 aliphatic carbocycles. The van der Waals surface area contributed by atoms with Gasteiger partial charge in [0.25, 0.3) is 0 Å². The maximum absolute atomic E-state index is 14.2. The molecule has 0 unspecified atom stereocenters. The van der Waals surface area contributed by atoms with Crippen molar-refractivity contribution in [2.75, 3.05) is 7.11 Å². The van der Waals surface area contributed by atoms with Gasteiger partial charge in [0, 0.05) is 17.5 Å². The smallest absolute Gasteiger partial charge is 0.315 e. The first-order valence-corrected chi connectivity index (χ1v) is 10.3. The van der Waals surface area contributed by atoms with E-state index in [1.807, 2.05) is 72.8 Å². The maximum Gasteiger partial charge on any atom is 0.315 e. The van der Waals surface area contributed by atoms with Crippen molar-refractivity contribution in [2.24, 2.45) is 0 Å². The van der Waals surface area contributed by atoms with E-state index >= 15 is 0 Å².